The Morgan fingerprint density at radius 2 is 1.98 bits per heavy atom. The molecular formula is C38H43FN8O3. The molecule has 0 saturated carbocycles. The van der Waals surface area contributed by atoms with Crippen molar-refractivity contribution >= 4 is 29.1 Å². The lowest BCUT2D eigenvalue weighted by Crippen LogP contribution is -2.49. The summed E-state index contributed by atoms with van der Waals surface area (Å²) >= 11 is 0. The molecule has 3 atom stereocenters. The zero-order chi connectivity index (χ0) is 34.5. The minimum Gasteiger partial charge on any atom is -0.472 e. The lowest BCUT2D eigenvalue weighted by atomic mass is 9.87. The Labute approximate surface area is 291 Å². The highest BCUT2D eigenvalue weighted by Crippen LogP contribution is 2.32. The molecule has 0 bridgehead atoms. The first kappa shape index (κ1) is 33.6. The summed E-state index contributed by atoms with van der Waals surface area (Å²) < 4.78 is 28.7. The molecule has 0 spiro atoms. The SMILES string of the molecule is COC1(C(=O)N(C)CC(CCN2CCC(Nc3nc4ccccc4n3Cc3ccoc3)CC2)c2ccccc2F)C=C(C2C=NN=N2)C=CC1. The number of para-hydroxylation sites is 2. The lowest BCUT2D eigenvalue weighted by molar-refractivity contribution is -0.148. The normalized spacial score (nSPS) is 21.5. The molecule has 2 aromatic heterocycles. The first-order valence-corrected chi connectivity index (χ1v) is 17.3. The lowest BCUT2D eigenvalue weighted by Gasteiger charge is -2.36. The van der Waals surface area contributed by atoms with Crippen LogP contribution in [0, 0.1) is 5.82 Å². The van der Waals surface area contributed by atoms with Crippen molar-refractivity contribution in [1.82, 2.24) is 19.4 Å². The van der Waals surface area contributed by atoms with Gasteiger partial charge in [0.25, 0.3) is 5.91 Å². The van der Waals surface area contributed by atoms with Crippen LogP contribution < -0.4 is 5.32 Å². The predicted octanol–water partition coefficient (Wildman–Crippen LogP) is 6.42. The van der Waals surface area contributed by atoms with Crippen LogP contribution in [0.2, 0.25) is 0 Å². The first-order chi connectivity index (χ1) is 24.4. The molecule has 2 aromatic carbocycles. The second-order valence-electron chi connectivity index (χ2n) is 13.4. The molecule has 4 aromatic rings. The van der Waals surface area contributed by atoms with Gasteiger partial charge < -0.3 is 28.8 Å². The molecule has 12 heteroatoms. The number of piperidine rings is 1. The summed E-state index contributed by atoms with van der Waals surface area (Å²) in [6, 6.07) is 17.0. The van der Waals surface area contributed by atoms with Crippen LogP contribution in [-0.4, -0.2) is 89.5 Å². The van der Waals surface area contributed by atoms with Crippen molar-refractivity contribution in [3.05, 3.63) is 108 Å². The number of carbonyl (C=O) groups is 1. The number of nitrogens with zero attached hydrogens (tertiary/aromatic N) is 7. The molecule has 1 amide bonds. The average molecular weight is 679 g/mol. The molecule has 3 unspecified atom stereocenters. The topological polar surface area (TPSA) is 113 Å². The number of rotatable bonds is 13. The van der Waals surface area contributed by atoms with Gasteiger partial charge in [0.05, 0.1) is 36.3 Å². The largest absolute Gasteiger partial charge is 0.472 e. The van der Waals surface area contributed by atoms with Gasteiger partial charge in [0.2, 0.25) is 5.95 Å². The van der Waals surface area contributed by atoms with Crippen LogP contribution in [0.5, 0.6) is 0 Å². The number of methoxy groups -OCH3 is 1. The van der Waals surface area contributed by atoms with Crippen molar-refractivity contribution in [2.45, 2.75) is 55.8 Å². The van der Waals surface area contributed by atoms with Gasteiger partial charge in [-0.05, 0) is 72.5 Å². The Balaban J connectivity index is 0.995. The van der Waals surface area contributed by atoms with E-state index >= 15 is 4.39 Å². The highest BCUT2D eigenvalue weighted by Gasteiger charge is 2.41. The Morgan fingerprint density at radius 1 is 1.16 bits per heavy atom. The van der Waals surface area contributed by atoms with Crippen molar-refractivity contribution in [1.29, 1.82) is 0 Å². The van der Waals surface area contributed by atoms with Crippen LogP contribution in [0.15, 0.2) is 111 Å². The van der Waals surface area contributed by atoms with Crippen molar-refractivity contribution in [3.8, 4) is 0 Å². The quantitative estimate of drug-likeness (QED) is 0.175. The standard InChI is InChI=1S/C38H43FN8O3/c1-45(36(48)38(49-2)17-7-8-28(22-38)34-23-40-44-43-34)25-29(31-9-3-4-10-32(31)39)13-18-46-19-14-30(15-20-46)41-37-42-33-11-5-6-12-35(33)47(37)24-27-16-21-50-26-27/h3-12,16,21-23,26,29-30,34H,13-15,17-20,24-25H2,1-2H3,(H,41,42). The fourth-order valence-electron chi connectivity index (χ4n) is 7.29. The average Bonchev–Trinajstić information content (AvgIpc) is 3.94. The number of hydrogen-bond acceptors (Lipinski definition) is 9. The summed E-state index contributed by atoms with van der Waals surface area (Å²) in [7, 11) is 3.32. The number of halogens is 1. The van der Waals surface area contributed by atoms with E-state index in [9.17, 15) is 4.79 Å². The van der Waals surface area contributed by atoms with Crippen LogP contribution in [0.3, 0.4) is 0 Å². The third-order valence-electron chi connectivity index (χ3n) is 10.1. The Morgan fingerprint density at radius 3 is 2.74 bits per heavy atom. The third-order valence-corrected chi connectivity index (χ3v) is 10.1. The summed E-state index contributed by atoms with van der Waals surface area (Å²) in [6.07, 6.45) is 13.8. The molecule has 1 aliphatic carbocycles. The van der Waals surface area contributed by atoms with Gasteiger partial charge in [-0.1, -0.05) is 42.5 Å². The smallest absolute Gasteiger partial charge is 0.258 e. The molecule has 260 valence electrons. The number of aromatic nitrogens is 2. The molecular weight excluding hydrogens is 635 g/mol. The zero-order valence-corrected chi connectivity index (χ0v) is 28.5. The highest BCUT2D eigenvalue weighted by molar-refractivity contribution is 5.89. The maximum atomic E-state index is 15.3. The van der Waals surface area contributed by atoms with Crippen molar-refractivity contribution < 1.29 is 18.3 Å². The van der Waals surface area contributed by atoms with Gasteiger partial charge in [0.15, 0.2) is 5.60 Å². The second kappa shape index (κ2) is 14.9. The van der Waals surface area contributed by atoms with Gasteiger partial charge in [-0.3, -0.25) is 4.79 Å². The van der Waals surface area contributed by atoms with Crippen LogP contribution in [0.25, 0.3) is 11.0 Å². The number of ether oxygens (including phenoxy) is 1. The van der Waals surface area contributed by atoms with Crippen molar-refractivity contribution in [2.75, 3.05) is 45.7 Å². The van der Waals surface area contributed by atoms with E-state index in [4.69, 9.17) is 14.1 Å². The van der Waals surface area contributed by atoms with E-state index in [1.54, 1.807) is 43.9 Å². The molecule has 1 fully saturated rings. The highest BCUT2D eigenvalue weighted by atomic mass is 19.1. The first-order valence-electron chi connectivity index (χ1n) is 17.3. The number of likely N-dealkylation sites (tertiary alicyclic amines) is 1. The number of nitrogens with one attached hydrogen (secondary N) is 1. The summed E-state index contributed by atoms with van der Waals surface area (Å²) in [5, 5.41) is 15.4. The van der Waals surface area contributed by atoms with Gasteiger partial charge in [-0.25, -0.2) is 9.37 Å². The molecule has 7 rings (SSSR count). The number of imidazole rings is 1. The van der Waals surface area contributed by atoms with Crippen molar-refractivity contribution in [3.63, 3.8) is 0 Å². The minimum absolute atomic E-state index is 0.180. The van der Waals surface area contributed by atoms with Gasteiger partial charge >= 0.3 is 0 Å². The summed E-state index contributed by atoms with van der Waals surface area (Å²) in [4.78, 5) is 23.1. The number of amides is 1. The van der Waals surface area contributed by atoms with E-state index in [2.05, 4.69) is 36.3 Å². The molecule has 11 nitrogen and oxygen atoms in total. The van der Waals surface area contributed by atoms with Crippen LogP contribution in [0.1, 0.15) is 42.7 Å². The Bertz CT molecular complexity index is 1900. The molecule has 50 heavy (non-hydrogen) atoms. The van der Waals surface area contributed by atoms with E-state index in [-0.39, 0.29) is 29.7 Å². The number of likely N-dealkylation sites (N-methyl/N-ethyl adjacent to an activating group) is 1. The summed E-state index contributed by atoms with van der Waals surface area (Å²) in [6.45, 7) is 3.64. The maximum Gasteiger partial charge on any atom is 0.258 e. The van der Waals surface area contributed by atoms with E-state index in [0.29, 0.717) is 31.5 Å². The number of carbonyl (C=O) groups excluding carboxylic acids is 1. The van der Waals surface area contributed by atoms with Crippen molar-refractivity contribution in [2.24, 2.45) is 15.4 Å². The van der Waals surface area contributed by atoms with E-state index < -0.39 is 5.60 Å². The van der Waals surface area contributed by atoms with Crippen LogP contribution in [-0.2, 0) is 16.1 Å². The van der Waals surface area contributed by atoms with Crippen LogP contribution in [0.4, 0.5) is 10.3 Å². The number of fused-ring (bicyclic) bond motifs is 1. The molecule has 3 aliphatic rings. The third kappa shape index (κ3) is 7.17. The number of furan rings is 1. The molecule has 1 N–H and O–H groups in total. The van der Waals surface area contributed by atoms with Gasteiger partial charge in [0, 0.05) is 57.7 Å². The summed E-state index contributed by atoms with van der Waals surface area (Å²) in [5.41, 5.74) is 3.37. The minimum atomic E-state index is -1.18. The number of benzene rings is 2. The molecule has 0 radical (unpaired) electrons. The van der Waals surface area contributed by atoms with Gasteiger partial charge in [-0.2, -0.15) is 5.11 Å². The molecule has 4 heterocycles. The van der Waals surface area contributed by atoms with E-state index in [0.717, 1.165) is 60.6 Å². The summed E-state index contributed by atoms with van der Waals surface area (Å²) in [5.74, 6) is 0.231. The second-order valence-corrected chi connectivity index (χ2v) is 13.4. The number of hydrogen-bond donors (Lipinski definition) is 1. The zero-order valence-electron chi connectivity index (χ0n) is 28.5. The van der Waals surface area contributed by atoms with Crippen LogP contribution >= 0.6 is 0 Å². The fourth-order valence-corrected chi connectivity index (χ4v) is 7.29. The van der Waals surface area contributed by atoms with E-state index in [1.807, 2.05) is 54.6 Å². The molecule has 1 saturated heterocycles. The van der Waals surface area contributed by atoms with E-state index in [1.165, 1.54) is 6.07 Å². The number of anilines is 1. The molecule has 2 aliphatic heterocycles. The Kier molecular flexibility index (Phi) is 9.99. The Hall–Kier alpha value is -4.94. The monoisotopic (exact) mass is 678 g/mol. The maximum absolute atomic E-state index is 15.3. The predicted molar refractivity (Wildman–Crippen MR) is 191 cm³/mol. The van der Waals surface area contributed by atoms with Gasteiger partial charge in [-0.15, -0.1) is 5.10 Å². The fraction of sp³-hybridized carbons (Fsp3) is 0.395. The van der Waals surface area contributed by atoms with Gasteiger partial charge in [0.1, 0.15) is 11.9 Å².